The second-order valence-electron chi connectivity index (χ2n) is 6.63. The van der Waals surface area contributed by atoms with Gasteiger partial charge in [-0.2, -0.15) is 0 Å². The van der Waals surface area contributed by atoms with Crippen molar-refractivity contribution in [1.29, 1.82) is 0 Å². The van der Waals surface area contributed by atoms with Crippen LogP contribution in [0.1, 0.15) is 38.7 Å². The van der Waals surface area contributed by atoms with Crippen LogP contribution in [0.3, 0.4) is 0 Å². The summed E-state index contributed by atoms with van der Waals surface area (Å²) in [6.45, 7) is 7.30. The lowest BCUT2D eigenvalue weighted by Gasteiger charge is -2.33. The summed E-state index contributed by atoms with van der Waals surface area (Å²) in [6, 6.07) is 8.08. The molecular formula is C17H26N2O3. The Balaban J connectivity index is 2.05. The predicted molar refractivity (Wildman–Crippen MR) is 86.4 cm³/mol. The average molecular weight is 306 g/mol. The van der Waals surface area contributed by atoms with Crippen molar-refractivity contribution in [3.8, 4) is 5.75 Å². The number of amides is 1. The summed E-state index contributed by atoms with van der Waals surface area (Å²) in [5.74, 6) is 1.12. The van der Waals surface area contributed by atoms with Crippen molar-refractivity contribution in [2.24, 2.45) is 0 Å². The minimum atomic E-state index is -0.484. The Bertz CT molecular complexity index is 494. The molecule has 1 aliphatic heterocycles. The Kier molecular flexibility index (Phi) is 5.29. The van der Waals surface area contributed by atoms with Crippen molar-refractivity contribution in [2.75, 3.05) is 20.2 Å². The summed E-state index contributed by atoms with van der Waals surface area (Å²) in [5, 5.41) is 6.33. The van der Waals surface area contributed by atoms with Crippen LogP contribution in [0.15, 0.2) is 24.3 Å². The number of hydrogen-bond donors (Lipinski definition) is 2. The molecule has 0 radical (unpaired) electrons. The molecule has 0 saturated carbocycles. The number of rotatable bonds is 3. The lowest BCUT2D eigenvalue weighted by Crippen LogP contribution is -2.51. The Morgan fingerprint density at radius 1 is 1.27 bits per heavy atom. The second kappa shape index (κ2) is 7.01. The van der Waals surface area contributed by atoms with Crippen molar-refractivity contribution in [3.63, 3.8) is 0 Å². The zero-order chi connectivity index (χ0) is 16.2. The van der Waals surface area contributed by atoms with Crippen LogP contribution in [0.4, 0.5) is 4.79 Å². The molecule has 1 aromatic carbocycles. The Hall–Kier alpha value is -1.75. The van der Waals surface area contributed by atoms with Crippen molar-refractivity contribution < 1.29 is 14.3 Å². The number of hydrogen-bond acceptors (Lipinski definition) is 4. The molecule has 0 aromatic heterocycles. The third-order valence-electron chi connectivity index (χ3n) is 3.73. The minimum Gasteiger partial charge on any atom is -0.497 e. The monoisotopic (exact) mass is 306 g/mol. The normalized spacial score (nSPS) is 22.0. The van der Waals surface area contributed by atoms with Gasteiger partial charge in [0.25, 0.3) is 0 Å². The lowest BCUT2D eigenvalue weighted by molar-refractivity contribution is 0.0489. The van der Waals surface area contributed by atoms with Gasteiger partial charge in [-0.15, -0.1) is 0 Å². The van der Waals surface area contributed by atoms with E-state index >= 15 is 0 Å². The highest BCUT2D eigenvalue weighted by Crippen LogP contribution is 2.27. The smallest absolute Gasteiger partial charge is 0.407 e. The molecule has 2 atom stereocenters. The molecule has 122 valence electrons. The molecular weight excluding hydrogens is 280 g/mol. The predicted octanol–water partition coefficient (Wildman–Crippen LogP) is 2.67. The minimum absolute atomic E-state index is 0.0250. The number of benzene rings is 1. The summed E-state index contributed by atoms with van der Waals surface area (Å²) in [7, 11) is 1.66. The van der Waals surface area contributed by atoms with Gasteiger partial charge in [0.2, 0.25) is 0 Å². The topological polar surface area (TPSA) is 59.6 Å². The van der Waals surface area contributed by atoms with Crippen molar-refractivity contribution in [3.05, 3.63) is 29.8 Å². The number of nitrogens with one attached hydrogen (secondary N) is 2. The molecule has 1 aromatic rings. The van der Waals surface area contributed by atoms with Gasteiger partial charge in [0, 0.05) is 12.5 Å². The largest absolute Gasteiger partial charge is 0.497 e. The molecule has 0 spiro atoms. The summed E-state index contributed by atoms with van der Waals surface area (Å²) < 4.78 is 10.6. The van der Waals surface area contributed by atoms with Gasteiger partial charge in [-0.1, -0.05) is 12.1 Å². The number of carbonyl (C=O) groups is 1. The summed E-state index contributed by atoms with van der Waals surface area (Å²) in [6.07, 6.45) is 0.618. The van der Waals surface area contributed by atoms with Crippen LogP contribution in [0.2, 0.25) is 0 Å². The van der Waals surface area contributed by atoms with Gasteiger partial charge in [0.15, 0.2) is 0 Å². The van der Waals surface area contributed by atoms with Gasteiger partial charge < -0.3 is 20.1 Å². The fourth-order valence-electron chi connectivity index (χ4n) is 2.72. The maximum Gasteiger partial charge on any atom is 0.407 e. The molecule has 0 unspecified atom stereocenters. The van der Waals surface area contributed by atoms with E-state index in [2.05, 4.69) is 22.8 Å². The molecule has 2 rings (SSSR count). The third-order valence-corrected chi connectivity index (χ3v) is 3.73. The van der Waals surface area contributed by atoms with Crippen molar-refractivity contribution in [1.82, 2.24) is 10.6 Å². The van der Waals surface area contributed by atoms with Crippen LogP contribution in [-0.4, -0.2) is 37.9 Å². The van der Waals surface area contributed by atoms with E-state index in [1.165, 1.54) is 5.56 Å². The number of piperidine rings is 1. The first-order chi connectivity index (χ1) is 10.4. The molecule has 1 amide bonds. The molecule has 1 saturated heterocycles. The fraction of sp³-hybridized carbons (Fsp3) is 0.588. The van der Waals surface area contributed by atoms with Crippen LogP contribution < -0.4 is 15.4 Å². The summed E-state index contributed by atoms with van der Waals surface area (Å²) in [4.78, 5) is 12.0. The van der Waals surface area contributed by atoms with Gasteiger partial charge in [0.05, 0.1) is 13.2 Å². The van der Waals surface area contributed by atoms with E-state index in [0.717, 1.165) is 25.3 Å². The molecule has 0 bridgehead atoms. The van der Waals surface area contributed by atoms with Gasteiger partial charge in [-0.25, -0.2) is 4.79 Å². The molecule has 1 aliphatic rings. The number of ether oxygens (including phenoxy) is 2. The van der Waals surface area contributed by atoms with Crippen molar-refractivity contribution >= 4 is 6.09 Å². The van der Waals surface area contributed by atoms with E-state index in [9.17, 15) is 4.79 Å². The van der Waals surface area contributed by atoms with Gasteiger partial charge in [-0.05, 0) is 51.4 Å². The van der Waals surface area contributed by atoms with E-state index in [-0.39, 0.29) is 18.1 Å². The zero-order valence-corrected chi connectivity index (χ0v) is 13.8. The first-order valence-corrected chi connectivity index (χ1v) is 7.73. The first-order valence-electron chi connectivity index (χ1n) is 7.73. The van der Waals surface area contributed by atoms with E-state index < -0.39 is 5.60 Å². The molecule has 5 heteroatoms. The highest BCUT2D eigenvalue weighted by Gasteiger charge is 2.29. The number of carbonyl (C=O) groups excluding carboxylic acids is 1. The lowest BCUT2D eigenvalue weighted by atomic mass is 9.86. The van der Waals surface area contributed by atoms with E-state index in [0.29, 0.717) is 0 Å². The van der Waals surface area contributed by atoms with E-state index in [4.69, 9.17) is 9.47 Å². The van der Waals surface area contributed by atoms with E-state index in [1.807, 2.05) is 32.9 Å². The van der Waals surface area contributed by atoms with Crippen LogP contribution in [0.25, 0.3) is 0 Å². The standard InChI is InChI=1S/C17H26N2O3/c1-17(2,3)22-16(20)19-15-11-18-10-9-14(15)12-5-7-13(21-4)8-6-12/h5-8,14-15,18H,9-11H2,1-4H3,(H,19,20)/t14-,15+/m1/s1. The first kappa shape index (κ1) is 16.6. The molecule has 2 N–H and O–H groups in total. The Morgan fingerprint density at radius 2 is 1.95 bits per heavy atom. The average Bonchev–Trinajstić information content (AvgIpc) is 2.46. The highest BCUT2D eigenvalue weighted by atomic mass is 16.6. The molecule has 0 aliphatic carbocycles. The molecule has 1 heterocycles. The van der Waals surface area contributed by atoms with Crippen LogP contribution in [0, 0.1) is 0 Å². The van der Waals surface area contributed by atoms with E-state index in [1.54, 1.807) is 7.11 Å². The third kappa shape index (κ3) is 4.63. The summed E-state index contributed by atoms with van der Waals surface area (Å²) in [5.41, 5.74) is 0.727. The molecule has 22 heavy (non-hydrogen) atoms. The Morgan fingerprint density at radius 3 is 2.55 bits per heavy atom. The van der Waals surface area contributed by atoms with Gasteiger partial charge in [-0.3, -0.25) is 0 Å². The van der Waals surface area contributed by atoms with Crippen LogP contribution >= 0.6 is 0 Å². The quantitative estimate of drug-likeness (QED) is 0.901. The Labute approximate surface area is 132 Å². The number of alkyl carbamates (subject to hydrolysis) is 1. The second-order valence-corrected chi connectivity index (χ2v) is 6.63. The molecule has 5 nitrogen and oxygen atoms in total. The van der Waals surface area contributed by atoms with Crippen LogP contribution in [0.5, 0.6) is 5.75 Å². The summed E-state index contributed by atoms with van der Waals surface area (Å²) >= 11 is 0. The van der Waals surface area contributed by atoms with Gasteiger partial charge in [0.1, 0.15) is 11.4 Å². The number of methoxy groups -OCH3 is 1. The fourth-order valence-corrected chi connectivity index (χ4v) is 2.72. The van der Waals surface area contributed by atoms with Crippen LogP contribution in [-0.2, 0) is 4.74 Å². The molecule has 1 fully saturated rings. The van der Waals surface area contributed by atoms with Crippen molar-refractivity contribution in [2.45, 2.75) is 44.8 Å². The maximum absolute atomic E-state index is 12.0. The SMILES string of the molecule is COc1ccc([C@H]2CCNC[C@@H]2NC(=O)OC(C)(C)C)cc1. The zero-order valence-electron chi connectivity index (χ0n) is 13.8. The highest BCUT2D eigenvalue weighted by molar-refractivity contribution is 5.68. The maximum atomic E-state index is 12.0. The van der Waals surface area contributed by atoms with Gasteiger partial charge >= 0.3 is 6.09 Å².